The average molecular weight is 247 g/mol. The van der Waals surface area contributed by atoms with Gasteiger partial charge in [-0.2, -0.15) is 10.2 Å². The summed E-state index contributed by atoms with van der Waals surface area (Å²) in [6, 6.07) is 1.43. The van der Waals surface area contributed by atoms with Gasteiger partial charge in [-0.25, -0.2) is 4.79 Å². The summed E-state index contributed by atoms with van der Waals surface area (Å²) in [5, 5.41) is 20.7. The number of aromatic carboxylic acids is 1. The van der Waals surface area contributed by atoms with Gasteiger partial charge in [0.1, 0.15) is 5.56 Å². The monoisotopic (exact) mass is 247 g/mol. The molecule has 0 aromatic carbocycles. The molecule has 0 radical (unpaired) electrons. The topological polar surface area (TPSA) is 84.1 Å². The fourth-order valence-corrected chi connectivity index (χ4v) is 1.68. The third kappa shape index (κ3) is 2.45. The molecule has 0 unspecified atom stereocenters. The average Bonchev–Trinajstić information content (AvgIpc) is 2.74. The molecule has 7 nitrogen and oxygen atoms in total. The smallest absolute Gasteiger partial charge is 0.339 e. The Labute approximate surface area is 104 Å². The first-order chi connectivity index (χ1) is 8.58. The van der Waals surface area contributed by atoms with E-state index in [4.69, 9.17) is 5.11 Å². The zero-order valence-corrected chi connectivity index (χ0v) is 10.1. The number of rotatable bonds is 4. The second kappa shape index (κ2) is 4.82. The van der Waals surface area contributed by atoms with Crippen LogP contribution in [0.25, 0.3) is 0 Å². The SMILES string of the molecule is CN(Cc1cnn(C)c1)c1nnccc1C(=O)O. The van der Waals surface area contributed by atoms with E-state index in [1.54, 1.807) is 22.8 Å². The fraction of sp³-hybridized carbons (Fsp3) is 0.273. The molecule has 0 spiro atoms. The van der Waals surface area contributed by atoms with Crippen LogP contribution in [0.3, 0.4) is 0 Å². The zero-order chi connectivity index (χ0) is 13.1. The van der Waals surface area contributed by atoms with Gasteiger partial charge in [-0.1, -0.05) is 0 Å². The highest BCUT2D eigenvalue weighted by atomic mass is 16.4. The molecule has 94 valence electrons. The van der Waals surface area contributed by atoms with Crippen molar-refractivity contribution in [3.63, 3.8) is 0 Å². The van der Waals surface area contributed by atoms with E-state index in [2.05, 4.69) is 15.3 Å². The largest absolute Gasteiger partial charge is 0.478 e. The molecule has 0 amide bonds. The summed E-state index contributed by atoms with van der Waals surface area (Å²) in [5.41, 5.74) is 1.11. The number of carbonyl (C=O) groups is 1. The Morgan fingerprint density at radius 2 is 2.33 bits per heavy atom. The molecule has 0 saturated heterocycles. The Kier molecular flexibility index (Phi) is 3.22. The van der Waals surface area contributed by atoms with Crippen LogP contribution >= 0.6 is 0 Å². The predicted octanol–water partition coefficient (Wildman–Crippen LogP) is 0.545. The van der Waals surface area contributed by atoms with Gasteiger partial charge < -0.3 is 10.0 Å². The van der Waals surface area contributed by atoms with Gasteiger partial charge in [0, 0.05) is 32.4 Å². The third-order valence-electron chi connectivity index (χ3n) is 2.47. The van der Waals surface area contributed by atoms with Crippen molar-refractivity contribution in [2.45, 2.75) is 6.54 Å². The minimum Gasteiger partial charge on any atom is -0.478 e. The van der Waals surface area contributed by atoms with Crippen molar-refractivity contribution in [2.75, 3.05) is 11.9 Å². The van der Waals surface area contributed by atoms with Crippen molar-refractivity contribution in [2.24, 2.45) is 7.05 Å². The van der Waals surface area contributed by atoms with Crippen LogP contribution in [0, 0.1) is 0 Å². The van der Waals surface area contributed by atoms with Gasteiger partial charge in [0.25, 0.3) is 0 Å². The molecule has 0 aliphatic heterocycles. The molecule has 18 heavy (non-hydrogen) atoms. The van der Waals surface area contributed by atoms with E-state index < -0.39 is 5.97 Å². The highest BCUT2D eigenvalue weighted by Gasteiger charge is 2.15. The first-order valence-corrected chi connectivity index (χ1v) is 5.31. The maximum Gasteiger partial charge on any atom is 0.339 e. The summed E-state index contributed by atoms with van der Waals surface area (Å²) in [7, 11) is 3.60. The lowest BCUT2D eigenvalue weighted by Crippen LogP contribution is -2.21. The number of hydrogen-bond acceptors (Lipinski definition) is 5. The lowest BCUT2D eigenvalue weighted by molar-refractivity contribution is 0.0697. The highest BCUT2D eigenvalue weighted by molar-refractivity contribution is 5.92. The van der Waals surface area contributed by atoms with Gasteiger partial charge in [0.15, 0.2) is 5.82 Å². The number of carboxylic acid groups (broad SMARTS) is 1. The van der Waals surface area contributed by atoms with Gasteiger partial charge in [0.05, 0.1) is 12.4 Å². The van der Waals surface area contributed by atoms with Crippen LogP contribution in [0.15, 0.2) is 24.7 Å². The van der Waals surface area contributed by atoms with E-state index in [1.165, 1.54) is 12.3 Å². The van der Waals surface area contributed by atoms with Crippen LogP contribution in [0.4, 0.5) is 5.82 Å². The summed E-state index contributed by atoms with van der Waals surface area (Å²) in [6.45, 7) is 0.521. The number of hydrogen-bond donors (Lipinski definition) is 1. The van der Waals surface area contributed by atoms with Gasteiger partial charge in [0.2, 0.25) is 0 Å². The second-order valence-corrected chi connectivity index (χ2v) is 3.95. The second-order valence-electron chi connectivity index (χ2n) is 3.95. The van der Waals surface area contributed by atoms with Crippen molar-refractivity contribution >= 4 is 11.8 Å². The van der Waals surface area contributed by atoms with E-state index in [-0.39, 0.29) is 5.56 Å². The van der Waals surface area contributed by atoms with Crippen molar-refractivity contribution in [3.8, 4) is 0 Å². The number of nitrogens with zero attached hydrogens (tertiary/aromatic N) is 5. The van der Waals surface area contributed by atoms with E-state index in [9.17, 15) is 4.79 Å². The molecular formula is C11H13N5O2. The van der Waals surface area contributed by atoms with Crippen LogP contribution in [-0.2, 0) is 13.6 Å². The molecule has 2 heterocycles. The minimum atomic E-state index is -1.02. The van der Waals surface area contributed by atoms with Crippen molar-refractivity contribution < 1.29 is 9.90 Å². The number of anilines is 1. The molecule has 0 fully saturated rings. The van der Waals surface area contributed by atoms with E-state index in [0.717, 1.165) is 5.56 Å². The van der Waals surface area contributed by atoms with Crippen LogP contribution in [0.1, 0.15) is 15.9 Å². The van der Waals surface area contributed by atoms with Crippen molar-refractivity contribution in [3.05, 3.63) is 35.8 Å². The Morgan fingerprint density at radius 3 is 2.94 bits per heavy atom. The maximum atomic E-state index is 11.1. The number of aryl methyl sites for hydroxylation is 1. The number of aromatic nitrogens is 4. The van der Waals surface area contributed by atoms with Crippen LogP contribution in [0.5, 0.6) is 0 Å². The minimum absolute atomic E-state index is 0.136. The first-order valence-electron chi connectivity index (χ1n) is 5.31. The van der Waals surface area contributed by atoms with Gasteiger partial charge >= 0.3 is 5.97 Å². The predicted molar refractivity (Wildman–Crippen MR) is 64.3 cm³/mol. The third-order valence-corrected chi connectivity index (χ3v) is 2.47. The fourth-order valence-electron chi connectivity index (χ4n) is 1.68. The Morgan fingerprint density at radius 1 is 1.56 bits per heavy atom. The van der Waals surface area contributed by atoms with Crippen LogP contribution in [-0.4, -0.2) is 38.1 Å². The first kappa shape index (κ1) is 12.0. The summed E-state index contributed by atoms with van der Waals surface area (Å²) < 4.78 is 1.69. The molecule has 0 aliphatic carbocycles. The van der Waals surface area contributed by atoms with Gasteiger partial charge in [-0.15, -0.1) is 5.10 Å². The van der Waals surface area contributed by atoms with Gasteiger partial charge in [-0.3, -0.25) is 4.68 Å². The summed E-state index contributed by atoms with van der Waals surface area (Å²) >= 11 is 0. The highest BCUT2D eigenvalue weighted by Crippen LogP contribution is 2.16. The Balaban J connectivity index is 2.23. The molecule has 0 bridgehead atoms. The van der Waals surface area contributed by atoms with Crippen molar-refractivity contribution in [1.29, 1.82) is 0 Å². The molecule has 2 aromatic heterocycles. The van der Waals surface area contributed by atoms with Gasteiger partial charge in [-0.05, 0) is 6.07 Å². The number of carboxylic acids is 1. The lowest BCUT2D eigenvalue weighted by Gasteiger charge is -2.17. The summed E-state index contributed by atoms with van der Waals surface area (Å²) in [5.74, 6) is -0.674. The normalized spacial score (nSPS) is 10.3. The van der Waals surface area contributed by atoms with E-state index in [0.29, 0.717) is 12.4 Å². The molecule has 2 rings (SSSR count). The molecule has 7 heteroatoms. The lowest BCUT2D eigenvalue weighted by atomic mass is 10.2. The summed E-state index contributed by atoms with van der Waals surface area (Å²) in [6.07, 6.45) is 4.96. The molecular weight excluding hydrogens is 234 g/mol. The van der Waals surface area contributed by atoms with Crippen LogP contribution in [0.2, 0.25) is 0 Å². The molecule has 0 aliphatic rings. The molecule has 1 N–H and O–H groups in total. The summed E-state index contributed by atoms with van der Waals surface area (Å²) in [4.78, 5) is 12.8. The standard InChI is InChI=1S/C11H13N5O2/c1-15(6-8-5-13-16(2)7-8)10-9(11(17)18)3-4-12-14-10/h3-5,7H,6H2,1-2H3,(H,17,18). The molecule has 0 atom stereocenters. The Hall–Kier alpha value is -2.44. The zero-order valence-electron chi connectivity index (χ0n) is 10.1. The quantitative estimate of drug-likeness (QED) is 0.849. The van der Waals surface area contributed by atoms with Crippen LogP contribution < -0.4 is 4.90 Å². The molecule has 0 saturated carbocycles. The maximum absolute atomic E-state index is 11.1. The van der Waals surface area contributed by atoms with Crippen molar-refractivity contribution in [1.82, 2.24) is 20.0 Å². The van der Waals surface area contributed by atoms with E-state index >= 15 is 0 Å². The molecule has 2 aromatic rings. The Bertz CT molecular complexity index is 566. The van der Waals surface area contributed by atoms with E-state index in [1.807, 2.05) is 13.2 Å².